The summed E-state index contributed by atoms with van der Waals surface area (Å²) in [5, 5.41) is 21.3. The highest BCUT2D eigenvalue weighted by Gasteiger charge is 2.29. The molecule has 8 nitrogen and oxygen atoms in total. The molecule has 0 unspecified atom stereocenters. The highest BCUT2D eigenvalue weighted by Crippen LogP contribution is 2.33. The van der Waals surface area contributed by atoms with Gasteiger partial charge >= 0.3 is 0 Å². The molecule has 2 aromatic carbocycles. The lowest BCUT2D eigenvalue weighted by atomic mass is 10.1. The van der Waals surface area contributed by atoms with Crippen molar-refractivity contribution in [3.05, 3.63) is 74.6 Å². The van der Waals surface area contributed by atoms with Crippen molar-refractivity contribution < 1.29 is 24.0 Å². The fourth-order valence-electron chi connectivity index (χ4n) is 3.62. The van der Waals surface area contributed by atoms with E-state index in [1.807, 2.05) is 0 Å². The minimum absolute atomic E-state index is 0.0975. The van der Waals surface area contributed by atoms with Crippen LogP contribution in [-0.4, -0.2) is 65.1 Å². The number of piperazine rings is 1. The Hall–Kier alpha value is -3.01. The number of benzene rings is 2. The Balaban J connectivity index is 1.70. The number of amides is 1. The third-order valence-electron chi connectivity index (χ3n) is 5.28. The van der Waals surface area contributed by atoms with Crippen LogP contribution < -0.4 is 4.74 Å². The van der Waals surface area contributed by atoms with Gasteiger partial charge < -0.3 is 14.7 Å². The average molecular weight is 464 g/mol. The molecule has 0 saturated carbocycles. The molecule has 2 aromatic rings. The molecule has 1 heterocycles. The topological polar surface area (TPSA) is 96.2 Å². The molecule has 0 aliphatic carbocycles. The molecule has 10 heteroatoms. The van der Waals surface area contributed by atoms with Gasteiger partial charge in [0.05, 0.1) is 35.3 Å². The van der Waals surface area contributed by atoms with E-state index >= 15 is 0 Å². The van der Waals surface area contributed by atoms with E-state index in [9.17, 15) is 24.4 Å². The van der Waals surface area contributed by atoms with Crippen LogP contribution >= 0.6 is 11.6 Å². The summed E-state index contributed by atoms with van der Waals surface area (Å²) in [4.78, 5) is 27.2. The molecule has 1 saturated heterocycles. The first-order valence-corrected chi connectivity index (χ1v) is 10.3. The maximum absolute atomic E-state index is 13.1. The fraction of sp³-hybridized carbons (Fsp3) is 0.318. The Kier molecular flexibility index (Phi) is 7.79. The van der Waals surface area contributed by atoms with Crippen molar-refractivity contribution in [2.24, 2.45) is 0 Å². The van der Waals surface area contributed by atoms with Crippen molar-refractivity contribution in [1.29, 1.82) is 0 Å². The zero-order chi connectivity index (χ0) is 23.3. The van der Waals surface area contributed by atoms with E-state index in [1.54, 1.807) is 12.1 Å². The Morgan fingerprint density at radius 1 is 1.34 bits per heavy atom. The van der Waals surface area contributed by atoms with E-state index in [-0.39, 0.29) is 40.4 Å². The van der Waals surface area contributed by atoms with Crippen LogP contribution in [-0.2, 0) is 11.3 Å². The molecule has 32 heavy (non-hydrogen) atoms. The summed E-state index contributed by atoms with van der Waals surface area (Å²) in [5.41, 5.74) is 0.870. The van der Waals surface area contributed by atoms with Gasteiger partial charge in [-0.05, 0) is 29.8 Å². The first kappa shape index (κ1) is 23.6. The summed E-state index contributed by atoms with van der Waals surface area (Å²) in [6, 6.07) is 8.34. The number of carbonyl (C=O) groups excluding carboxylic acids is 1. The number of nitrogens with zero attached hydrogens (tertiary/aromatic N) is 3. The number of rotatable bonds is 7. The molecule has 3 rings (SSSR count). The van der Waals surface area contributed by atoms with E-state index in [2.05, 4.69) is 4.90 Å². The standard InChI is InChI=1S/C22H23ClFN3O5/c1-32-21-10-16(20(27(30)31)11-19(21)23)4-7-22(29)26-9-8-25(13-18(26)14-28)12-15-2-5-17(24)6-3-15/h2-7,10-11,18,28H,8-9,12-14H2,1H3/b7-4+/t18-/m0/s1. The van der Waals surface area contributed by atoms with E-state index in [4.69, 9.17) is 16.3 Å². The Morgan fingerprint density at radius 2 is 2.06 bits per heavy atom. The second kappa shape index (κ2) is 10.5. The SMILES string of the molecule is COc1cc(/C=C/C(=O)N2CCN(Cc3ccc(F)cc3)C[C@H]2CO)c([N+](=O)[O-])cc1Cl. The van der Waals surface area contributed by atoms with Crippen LogP contribution in [0.4, 0.5) is 10.1 Å². The summed E-state index contributed by atoms with van der Waals surface area (Å²) in [5.74, 6) is -0.413. The molecule has 1 fully saturated rings. The van der Waals surface area contributed by atoms with Crippen LogP contribution in [0.3, 0.4) is 0 Å². The molecular formula is C22H23ClFN3O5. The highest BCUT2D eigenvalue weighted by atomic mass is 35.5. The minimum Gasteiger partial charge on any atom is -0.495 e. The zero-order valence-electron chi connectivity index (χ0n) is 17.4. The molecule has 0 radical (unpaired) electrons. The molecule has 1 atom stereocenters. The third kappa shape index (κ3) is 5.61. The van der Waals surface area contributed by atoms with Crippen molar-refractivity contribution in [2.75, 3.05) is 33.4 Å². The lowest BCUT2D eigenvalue weighted by molar-refractivity contribution is -0.385. The number of aliphatic hydroxyl groups excluding tert-OH is 1. The van der Waals surface area contributed by atoms with Crippen LogP contribution in [0, 0.1) is 15.9 Å². The second-order valence-electron chi connectivity index (χ2n) is 7.37. The monoisotopic (exact) mass is 463 g/mol. The van der Waals surface area contributed by atoms with Crippen LogP contribution in [0.5, 0.6) is 5.75 Å². The molecule has 0 aromatic heterocycles. The number of methoxy groups -OCH3 is 1. The summed E-state index contributed by atoms with van der Waals surface area (Å²) in [6.07, 6.45) is 2.59. The first-order valence-electron chi connectivity index (χ1n) is 9.90. The molecule has 0 spiro atoms. The Morgan fingerprint density at radius 3 is 2.69 bits per heavy atom. The number of hydrogen-bond donors (Lipinski definition) is 1. The molecule has 1 aliphatic rings. The van der Waals surface area contributed by atoms with Crippen LogP contribution in [0.1, 0.15) is 11.1 Å². The quantitative estimate of drug-likeness (QED) is 0.385. The van der Waals surface area contributed by atoms with E-state index in [1.165, 1.54) is 48.4 Å². The lowest BCUT2D eigenvalue weighted by Gasteiger charge is -2.40. The van der Waals surface area contributed by atoms with Gasteiger partial charge in [0.15, 0.2) is 0 Å². The first-order chi connectivity index (χ1) is 15.3. The van der Waals surface area contributed by atoms with Crippen molar-refractivity contribution in [3.8, 4) is 5.75 Å². The number of carbonyl (C=O) groups is 1. The van der Waals surface area contributed by atoms with Gasteiger partial charge in [-0.2, -0.15) is 0 Å². The lowest BCUT2D eigenvalue weighted by Crippen LogP contribution is -2.55. The maximum Gasteiger partial charge on any atom is 0.278 e. The van der Waals surface area contributed by atoms with E-state index in [0.29, 0.717) is 26.2 Å². The number of nitro benzene ring substituents is 1. The predicted octanol–water partition coefficient (Wildman–Crippen LogP) is 3.11. The summed E-state index contributed by atoms with van der Waals surface area (Å²) in [6.45, 7) is 1.74. The van der Waals surface area contributed by atoms with Gasteiger partial charge in [-0.1, -0.05) is 23.7 Å². The van der Waals surface area contributed by atoms with Gasteiger partial charge in [0.25, 0.3) is 5.69 Å². The van der Waals surface area contributed by atoms with Gasteiger partial charge in [0.2, 0.25) is 5.91 Å². The number of ether oxygens (including phenoxy) is 1. The molecule has 1 N–H and O–H groups in total. The van der Waals surface area contributed by atoms with E-state index < -0.39 is 11.0 Å². The van der Waals surface area contributed by atoms with Crippen molar-refractivity contribution in [2.45, 2.75) is 12.6 Å². The van der Waals surface area contributed by atoms with E-state index in [0.717, 1.165) is 5.56 Å². The molecule has 0 bridgehead atoms. The van der Waals surface area contributed by atoms with Gasteiger partial charge in [0.1, 0.15) is 11.6 Å². The minimum atomic E-state index is -0.583. The smallest absolute Gasteiger partial charge is 0.278 e. The Labute approximate surface area is 189 Å². The van der Waals surface area contributed by atoms with Crippen LogP contribution in [0.2, 0.25) is 5.02 Å². The maximum atomic E-state index is 13.1. The second-order valence-corrected chi connectivity index (χ2v) is 7.77. The van der Waals surface area contributed by atoms with Crippen LogP contribution in [0.25, 0.3) is 6.08 Å². The normalized spacial score (nSPS) is 17.0. The number of nitro groups is 1. The molecule has 1 aliphatic heterocycles. The van der Waals surface area contributed by atoms with Gasteiger partial charge in [-0.25, -0.2) is 4.39 Å². The summed E-state index contributed by atoms with van der Waals surface area (Å²) >= 11 is 5.97. The highest BCUT2D eigenvalue weighted by molar-refractivity contribution is 6.32. The third-order valence-corrected chi connectivity index (χ3v) is 5.58. The number of hydrogen-bond acceptors (Lipinski definition) is 6. The predicted molar refractivity (Wildman–Crippen MR) is 118 cm³/mol. The van der Waals surface area contributed by atoms with Crippen molar-refractivity contribution >= 4 is 29.3 Å². The molecule has 170 valence electrons. The summed E-state index contributed by atoms with van der Waals surface area (Å²) in [7, 11) is 1.39. The van der Waals surface area contributed by atoms with Gasteiger partial charge in [0, 0.05) is 38.3 Å². The van der Waals surface area contributed by atoms with Crippen LogP contribution in [0.15, 0.2) is 42.5 Å². The molecule has 1 amide bonds. The van der Waals surface area contributed by atoms with Gasteiger partial charge in [-0.3, -0.25) is 19.8 Å². The summed E-state index contributed by atoms with van der Waals surface area (Å²) < 4.78 is 18.2. The zero-order valence-corrected chi connectivity index (χ0v) is 18.2. The Bertz CT molecular complexity index is 1020. The number of halogens is 2. The largest absolute Gasteiger partial charge is 0.495 e. The van der Waals surface area contributed by atoms with Gasteiger partial charge in [-0.15, -0.1) is 0 Å². The fourth-order valence-corrected chi connectivity index (χ4v) is 3.86. The number of aliphatic hydroxyl groups is 1. The van der Waals surface area contributed by atoms with Crippen molar-refractivity contribution in [1.82, 2.24) is 9.80 Å². The molecular weight excluding hydrogens is 441 g/mol. The van der Waals surface area contributed by atoms with Crippen molar-refractivity contribution in [3.63, 3.8) is 0 Å². The average Bonchev–Trinajstić information content (AvgIpc) is 2.79.